The summed E-state index contributed by atoms with van der Waals surface area (Å²) in [4.78, 5) is 2.65. The lowest BCUT2D eigenvalue weighted by Crippen LogP contribution is -2.60. The van der Waals surface area contributed by atoms with Crippen molar-refractivity contribution in [3.05, 3.63) is 0 Å². The molecule has 0 aromatic carbocycles. The largest absolute Gasteiger partial charge is 0.375 e. The molecule has 1 saturated heterocycles. The first-order chi connectivity index (χ1) is 9.24. The number of nitrogens with one attached hydrogen (secondary N) is 1. The lowest BCUT2D eigenvalue weighted by molar-refractivity contribution is -0.0281. The lowest BCUT2D eigenvalue weighted by atomic mass is 9.92. The molecule has 0 bridgehead atoms. The van der Waals surface area contributed by atoms with Crippen LogP contribution in [0.15, 0.2) is 0 Å². The molecule has 120 valence electrons. The van der Waals surface area contributed by atoms with Crippen LogP contribution >= 0.6 is 0 Å². The summed E-state index contributed by atoms with van der Waals surface area (Å²) in [5.41, 5.74) is -0.0304. The predicted octanol–water partition coefficient (Wildman–Crippen LogP) is 3.15. The quantitative estimate of drug-likeness (QED) is 0.811. The average Bonchev–Trinajstić information content (AvgIpc) is 2.36. The van der Waals surface area contributed by atoms with Gasteiger partial charge in [-0.1, -0.05) is 34.1 Å². The van der Waals surface area contributed by atoms with E-state index in [2.05, 4.69) is 58.7 Å². The van der Waals surface area contributed by atoms with E-state index < -0.39 is 0 Å². The van der Waals surface area contributed by atoms with E-state index in [0.29, 0.717) is 18.0 Å². The van der Waals surface area contributed by atoms with Gasteiger partial charge in [0.1, 0.15) is 0 Å². The van der Waals surface area contributed by atoms with E-state index in [9.17, 15) is 0 Å². The Morgan fingerprint density at radius 3 is 2.40 bits per heavy atom. The molecule has 3 nitrogen and oxygen atoms in total. The van der Waals surface area contributed by atoms with Gasteiger partial charge in [-0.25, -0.2) is 0 Å². The molecule has 1 aliphatic rings. The van der Waals surface area contributed by atoms with Gasteiger partial charge >= 0.3 is 0 Å². The molecule has 3 atom stereocenters. The predicted molar refractivity (Wildman–Crippen MR) is 87.1 cm³/mol. The fraction of sp³-hybridized carbons (Fsp3) is 1.00. The van der Waals surface area contributed by atoms with Crippen LogP contribution in [0.2, 0.25) is 0 Å². The molecular formula is C17H36N2O. The molecule has 20 heavy (non-hydrogen) atoms. The minimum absolute atomic E-state index is 0.0304. The van der Waals surface area contributed by atoms with Crippen LogP contribution in [0, 0.1) is 11.8 Å². The van der Waals surface area contributed by atoms with Gasteiger partial charge in [-0.05, 0) is 32.6 Å². The van der Waals surface area contributed by atoms with Crippen LogP contribution in [-0.2, 0) is 4.74 Å². The number of hydrogen-bond acceptors (Lipinski definition) is 3. The second-order valence-electron chi connectivity index (χ2n) is 7.67. The zero-order valence-corrected chi connectivity index (χ0v) is 14.7. The van der Waals surface area contributed by atoms with Crippen molar-refractivity contribution in [3.63, 3.8) is 0 Å². The Balaban J connectivity index is 2.57. The Kier molecular flexibility index (Phi) is 6.96. The zero-order chi connectivity index (χ0) is 15.3. The van der Waals surface area contributed by atoms with E-state index in [-0.39, 0.29) is 5.60 Å². The van der Waals surface area contributed by atoms with Crippen LogP contribution in [0.3, 0.4) is 0 Å². The van der Waals surface area contributed by atoms with Gasteiger partial charge in [0.2, 0.25) is 0 Å². The number of ether oxygens (including phenoxy) is 1. The van der Waals surface area contributed by atoms with Crippen LogP contribution in [0.1, 0.15) is 54.9 Å². The van der Waals surface area contributed by atoms with E-state index in [4.69, 9.17) is 4.74 Å². The smallest absolute Gasteiger partial charge is 0.0600 e. The summed E-state index contributed by atoms with van der Waals surface area (Å²) in [5, 5.41) is 3.74. The van der Waals surface area contributed by atoms with Crippen LogP contribution in [0.25, 0.3) is 0 Å². The molecule has 3 unspecified atom stereocenters. The Bertz CT molecular complexity index is 273. The van der Waals surface area contributed by atoms with Crippen molar-refractivity contribution in [1.82, 2.24) is 10.2 Å². The van der Waals surface area contributed by atoms with Crippen LogP contribution in [-0.4, -0.2) is 48.8 Å². The topological polar surface area (TPSA) is 24.5 Å². The van der Waals surface area contributed by atoms with E-state index >= 15 is 0 Å². The SMILES string of the molecule is CCC(C)C1CNC(C(C)C)CN1CCOC(C)(C)C. The minimum atomic E-state index is -0.0304. The Labute approximate surface area is 126 Å². The molecule has 0 radical (unpaired) electrons. The highest BCUT2D eigenvalue weighted by atomic mass is 16.5. The molecule has 1 rings (SSSR count). The molecule has 0 aromatic heterocycles. The Morgan fingerprint density at radius 1 is 1.25 bits per heavy atom. The summed E-state index contributed by atoms with van der Waals surface area (Å²) in [5.74, 6) is 1.43. The normalized spacial score (nSPS) is 27.0. The lowest BCUT2D eigenvalue weighted by Gasteiger charge is -2.44. The van der Waals surface area contributed by atoms with Crippen molar-refractivity contribution in [2.24, 2.45) is 11.8 Å². The molecule has 1 heterocycles. The van der Waals surface area contributed by atoms with Gasteiger partial charge in [0.25, 0.3) is 0 Å². The molecule has 0 aromatic rings. The van der Waals surface area contributed by atoms with Crippen molar-refractivity contribution in [2.45, 2.75) is 72.6 Å². The molecule has 1 fully saturated rings. The van der Waals surface area contributed by atoms with Crippen molar-refractivity contribution in [1.29, 1.82) is 0 Å². The third-order valence-corrected chi connectivity index (χ3v) is 4.51. The molecular weight excluding hydrogens is 248 g/mol. The summed E-state index contributed by atoms with van der Waals surface area (Å²) in [6, 6.07) is 1.27. The number of hydrogen-bond donors (Lipinski definition) is 1. The highest BCUT2D eigenvalue weighted by Crippen LogP contribution is 2.20. The third-order valence-electron chi connectivity index (χ3n) is 4.51. The number of piperazine rings is 1. The van der Waals surface area contributed by atoms with Crippen molar-refractivity contribution in [2.75, 3.05) is 26.2 Å². The summed E-state index contributed by atoms with van der Waals surface area (Å²) in [7, 11) is 0. The highest BCUT2D eigenvalue weighted by molar-refractivity contribution is 4.89. The summed E-state index contributed by atoms with van der Waals surface area (Å²) in [6.45, 7) is 19.8. The second kappa shape index (κ2) is 7.77. The Morgan fingerprint density at radius 2 is 1.90 bits per heavy atom. The first-order valence-electron chi connectivity index (χ1n) is 8.36. The summed E-state index contributed by atoms with van der Waals surface area (Å²) >= 11 is 0. The highest BCUT2D eigenvalue weighted by Gasteiger charge is 2.31. The summed E-state index contributed by atoms with van der Waals surface area (Å²) in [6.07, 6.45) is 1.25. The standard InChI is InChI=1S/C17H36N2O/c1-8-14(4)16-11-18-15(13(2)3)12-19(16)9-10-20-17(5,6)7/h13-16,18H,8-12H2,1-7H3. The van der Waals surface area contributed by atoms with E-state index in [1.807, 2.05) is 0 Å². The van der Waals surface area contributed by atoms with Crippen molar-refractivity contribution in [3.8, 4) is 0 Å². The summed E-state index contributed by atoms with van der Waals surface area (Å²) < 4.78 is 5.93. The first-order valence-corrected chi connectivity index (χ1v) is 8.36. The van der Waals surface area contributed by atoms with Gasteiger partial charge in [-0.3, -0.25) is 4.90 Å². The zero-order valence-electron chi connectivity index (χ0n) is 14.7. The molecule has 3 heteroatoms. The Hall–Kier alpha value is -0.120. The second-order valence-corrected chi connectivity index (χ2v) is 7.67. The molecule has 0 aliphatic carbocycles. The molecule has 0 amide bonds. The van der Waals surface area contributed by atoms with Gasteiger partial charge in [0.15, 0.2) is 0 Å². The monoisotopic (exact) mass is 284 g/mol. The number of nitrogens with zero attached hydrogens (tertiary/aromatic N) is 1. The van der Waals surface area contributed by atoms with E-state index in [0.717, 1.165) is 32.2 Å². The molecule has 1 aliphatic heterocycles. The maximum Gasteiger partial charge on any atom is 0.0600 e. The maximum absolute atomic E-state index is 5.93. The number of rotatable bonds is 6. The van der Waals surface area contributed by atoms with Gasteiger partial charge in [0.05, 0.1) is 12.2 Å². The molecule has 0 spiro atoms. The molecule has 1 N–H and O–H groups in total. The van der Waals surface area contributed by atoms with Crippen LogP contribution < -0.4 is 5.32 Å². The first kappa shape index (κ1) is 17.9. The van der Waals surface area contributed by atoms with Gasteiger partial charge < -0.3 is 10.1 Å². The fourth-order valence-electron chi connectivity index (χ4n) is 2.86. The van der Waals surface area contributed by atoms with Crippen molar-refractivity contribution >= 4 is 0 Å². The molecule has 0 saturated carbocycles. The van der Waals surface area contributed by atoms with Crippen LogP contribution in [0.4, 0.5) is 0 Å². The van der Waals surface area contributed by atoms with E-state index in [1.54, 1.807) is 0 Å². The maximum atomic E-state index is 5.93. The van der Waals surface area contributed by atoms with Crippen LogP contribution in [0.5, 0.6) is 0 Å². The average molecular weight is 284 g/mol. The fourth-order valence-corrected chi connectivity index (χ4v) is 2.86. The van der Waals surface area contributed by atoms with Gasteiger partial charge in [-0.2, -0.15) is 0 Å². The van der Waals surface area contributed by atoms with Gasteiger partial charge in [-0.15, -0.1) is 0 Å². The third kappa shape index (κ3) is 5.71. The van der Waals surface area contributed by atoms with Crippen molar-refractivity contribution < 1.29 is 4.74 Å². The van der Waals surface area contributed by atoms with E-state index in [1.165, 1.54) is 6.42 Å². The van der Waals surface area contributed by atoms with Gasteiger partial charge in [0, 0.05) is 31.7 Å². The minimum Gasteiger partial charge on any atom is -0.375 e.